The summed E-state index contributed by atoms with van der Waals surface area (Å²) in [4.78, 5) is 28.6. The lowest BCUT2D eigenvalue weighted by molar-refractivity contribution is -0.140. The van der Waals surface area contributed by atoms with E-state index in [1.54, 1.807) is 38.1 Å². The zero-order valence-corrected chi connectivity index (χ0v) is 23.4. The highest BCUT2D eigenvalue weighted by Gasteiger charge is 2.34. The number of ether oxygens (including phenoxy) is 1. The maximum Gasteiger partial charge on any atom is 0.244 e. The molecule has 0 bridgehead atoms. The second-order valence-corrected chi connectivity index (χ2v) is 11.1. The minimum atomic E-state index is -3.96. The largest absolute Gasteiger partial charge is 0.495 e. The van der Waals surface area contributed by atoms with Crippen LogP contribution in [0.5, 0.6) is 5.75 Å². The first-order valence-corrected chi connectivity index (χ1v) is 14.4. The Hall–Kier alpha value is -3.92. The lowest BCUT2D eigenvalue weighted by Gasteiger charge is -2.33. The monoisotopic (exact) mass is 555 g/mol. The second-order valence-electron chi connectivity index (χ2n) is 9.16. The van der Waals surface area contributed by atoms with Crippen molar-refractivity contribution in [3.8, 4) is 5.75 Å². The summed E-state index contributed by atoms with van der Waals surface area (Å²) in [6.07, 6.45) is 1.15. The number of nitrogens with one attached hydrogen (secondary N) is 1. The van der Waals surface area contributed by atoms with Crippen molar-refractivity contribution in [3.63, 3.8) is 0 Å². The highest BCUT2D eigenvalue weighted by molar-refractivity contribution is 7.92. The van der Waals surface area contributed by atoms with Crippen LogP contribution in [0.25, 0.3) is 0 Å². The minimum absolute atomic E-state index is 0.152. The number of nitrogens with zero attached hydrogens (tertiary/aromatic N) is 2. The van der Waals surface area contributed by atoms with Crippen LogP contribution in [0.2, 0.25) is 0 Å². The van der Waals surface area contributed by atoms with Gasteiger partial charge in [0, 0.05) is 25.1 Å². The molecular formula is C29H34FN3O5S. The first kappa shape index (κ1) is 29.6. The van der Waals surface area contributed by atoms with Gasteiger partial charge in [0.25, 0.3) is 0 Å². The van der Waals surface area contributed by atoms with Crippen molar-refractivity contribution in [3.05, 3.63) is 95.3 Å². The van der Waals surface area contributed by atoms with E-state index >= 15 is 0 Å². The number of benzene rings is 3. The van der Waals surface area contributed by atoms with Crippen LogP contribution in [-0.4, -0.2) is 57.6 Å². The van der Waals surface area contributed by atoms with Crippen molar-refractivity contribution >= 4 is 27.5 Å². The molecule has 0 saturated carbocycles. The van der Waals surface area contributed by atoms with Gasteiger partial charge in [0.1, 0.15) is 24.2 Å². The van der Waals surface area contributed by atoms with E-state index in [9.17, 15) is 22.4 Å². The summed E-state index contributed by atoms with van der Waals surface area (Å²) in [5.41, 5.74) is 1.95. The van der Waals surface area contributed by atoms with Gasteiger partial charge >= 0.3 is 0 Å². The molecule has 10 heteroatoms. The summed E-state index contributed by atoms with van der Waals surface area (Å²) in [5.74, 6) is -1.36. The quantitative estimate of drug-likeness (QED) is 0.368. The fourth-order valence-corrected chi connectivity index (χ4v) is 5.09. The average Bonchev–Trinajstić information content (AvgIpc) is 2.90. The molecule has 0 aromatic heterocycles. The third-order valence-corrected chi connectivity index (χ3v) is 7.33. The molecular weight excluding hydrogens is 521 g/mol. The molecule has 8 nitrogen and oxygen atoms in total. The molecule has 0 aliphatic heterocycles. The number of aryl methyl sites for hydroxylation is 1. The molecule has 0 aliphatic carbocycles. The van der Waals surface area contributed by atoms with Gasteiger partial charge in [0.15, 0.2) is 0 Å². The van der Waals surface area contributed by atoms with E-state index in [-0.39, 0.29) is 30.0 Å². The van der Waals surface area contributed by atoms with Crippen LogP contribution in [0, 0.1) is 12.7 Å². The van der Waals surface area contributed by atoms with E-state index in [1.807, 2.05) is 30.3 Å². The van der Waals surface area contributed by atoms with Gasteiger partial charge < -0.3 is 15.0 Å². The van der Waals surface area contributed by atoms with Crippen LogP contribution < -0.4 is 14.4 Å². The zero-order valence-electron chi connectivity index (χ0n) is 22.6. The molecule has 0 aliphatic rings. The average molecular weight is 556 g/mol. The van der Waals surface area contributed by atoms with E-state index < -0.39 is 40.2 Å². The Bertz CT molecular complexity index is 1400. The molecule has 3 rings (SSSR count). The number of carbonyl (C=O) groups is 2. The van der Waals surface area contributed by atoms with Crippen molar-refractivity contribution < 1.29 is 27.1 Å². The van der Waals surface area contributed by atoms with Gasteiger partial charge in [-0.3, -0.25) is 13.9 Å². The SMILES string of the molecule is CCNC(=O)[C@@H](Cc1ccccc1)N(Cc1ccccc1F)C(=O)CN(c1cc(C)ccc1OC)S(C)(=O)=O. The number of halogens is 1. The van der Waals surface area contributed by atoms with Gasteiger partial charge in [-0.05, 0) is 43.2 Å². The topological polar surface area (TPSA) is 96.0 Å². The van der Waals surface area contributed by atoms with E-state index in [4.69, 9.17) is 4.74 Å². The van der Waals surface area contributed by atoms with Crippen LogP contribution in [0.4, 0.5) is 10.1 Å². The molecule has 3 aromatic rings. The van der Waals surface area contributed by atoms with Gasteiger partial charge in [-0.1, -0.05) is 54.6 Å². The smallest absolute Gasteiger partial charge is 0.244 e. The molecule has 39 heavy (non-hydrogen) atoms. The molecule has 0 fully saturated rings. The molecule has 0 radical (unpaired) electrons. The molecule has 3 aromatic carbocycles. The lowest BCUT2D eigenvalue weighted by atomic mass is 10.0. The van der Waals surface area contributed by atoms with E-state index in [1.165, 1.54) is 30.2 Å². The Morgan fingerprint density at radius 1 is 1.03 bits per heavy atom. The summed E-state index contributed by atoms with van der Waals surface area (Å²) in [6, 6.07) is 19.1. The van der Waals surface area contributed by atoms with Crippen LogP contribution in [0.1, 0.15) is 23.6 Å². The highest BCUT2D eigenvalue weighted by Crippen LogP contribution is 2.31. The normalized spacial score (nSPS) is 11.9. The van der Waals surface area contributed by atoms with Gasteiger partial charge in [0.05, 0.1) is 19.1 Å². The number of rotatable bonds is 12. The molecule has 0 spiro atoms. The number of methoxy groups -OCH3 is 1. The molecule has 0 unspecified atom stereocenters. The standard InChI is InChI=1S/C29H34FN3O5S/c1-5-31-29(35)26(18-22-11-7-6-8-12-22)32(19-23-13-9-10-14-24(23)30)28(34)20-33(39(4,36)37)25-17-21(2)15-16-27(25)38-3/h6-17,26H,5,18-20H2,1-4H3,(H,31,35)/t26-/m1/s1. The van der Waals surface area contributed by atoms with Gasteiger partial charge in [-0.2, -0.15) is 0 Å². The zero-order chi connectivity index (χ0) is 28.6. The number of hydrogen-bond donors (Lipinski definition) is 1. The van der Waals surface area contributed by atoms with Crippen molar-refractivity contribution in [1.29, 1.82) is 0 Å². The maximum atomic E-state index is 14.8. The minimum Gasteiger partial charge on any atom is -0.495 e. The number of hydrogen-bond acceptors (Lipinski definition) is 5. The van der Waals surface area contributed by atoms with Crippen LogP contribution in [-0.2, 0) is 32.6 Å². The van der Waals surface area contributed by atoms with Crippen molar-refractivity contribution in [1.82, 2.24) is 10.2 Å². The van der Waals surface area contributed by atoms with Crippen molar-refractivity contribution in [2.45, 2.75) is 32.9 Å². The van der Waals surface area contributed by atoms with E-state index in [0.29, 0.717) is 6.54 Å². The predicted molar refractivity (Wildman–Crippen MR) is 149 cm³/mol. The van der Waals surface area contributed by atoms with Crippen LogP contribution in [0.15, 0.2) is 72.8 Å². The fourth-order valence-electron chi connectivity index (χ4n) is 4.25. The third-order valence-electron chi connectivity index (χ3n) is 6.20. The van der Waals surface area contributed by atoms with Crippen molar-refractivity contribution in [2.75, 3.05) is 30.8 Å². The Labute approximate surface area is 229 Å². The van der Waals surface area contributed by atoms with Crippen LogP contribution >= 0.6 is 0 Å². The van der Waals surface area contributed by atoms with Gasteiger partial charge in [-0.15, -0.1) is 0 Å². The summed E-state index contributed by atoms with van der Waals surface area (Å²) in [6.45, 7) is 3.03. The molecule has 208 valence electrons. The van der Waals surface area contributed by atoms with Crippen LogP contribution in [0.3, 0.4) is 0 Å². The van der Waals surface area contributed by atoms with Gasteiger partial charge in [-0.25, -0.2) is 12.8 Å². The Kier molecular flexibility index (Phi) is 10.1. The summed E-state index contributed by atoms with van der Waals surface area (Å²) in [7, 11) is -2.55. The van der Waals surface area contributed by atoms with E-state index in [2.05, 4.69) is 5.32 Å². The molecule has 0 saturated heterocycles. The molecule has 1 atom stereocenters. The Balaban J connectivity index is 2.09. The van der Waals surface area contributed by atoms with E-state index in [0.717, 1.165) is 21.7 Å². The number of likely N-dealkylation sites (N-methyl/N-ethyl adjacent to an activating group) is 1. The highest BCUT2D eigenvalue weighted by atomic mass is 32.2. The summed E-state index contributed by atoms with van der Waals surface area (Å²) < 4.78 is 47.0. The first-order chi connectivity index (χ1) is 18.5. The third kappa shape index (κ3) is 7.79. The summed E-state index contributed by atoms with van der Waals surface area (Å²) >= 11 is 0. The number of carbonyl (C=O) groups excluding carboxylic acids is 2. The molecule has 2 amide bonds. The molecule has 0 heterocycles. The second kappa shape index (κ2) is 13.2. The number of anilines is 1. The molecule has 1 N–H and O–H groups in total. The lowest BCUT2D eigenvalue weighted by Crippen LogP contribution is -2.53. The maximum absolute atomic E-state index is 14.8. The number of sulfonamides is 1. The Morgan fingerprint density at radius 3 is 2.31 bits per heavy atom. The number of amides is 2. The predicted octanol–water partition coefficient (Wildman–Crippen LogP) is 3.68. The summed E-state index contributed by atoms with van der Waals surface area (Å²) in [5, 5.41) is 2.76. The van der Waals surface area contributed by atoms with Gasteiger partial charge in [0.2, 0.25) is 21.8 Å². The first-order valence-electron chi connectivity index (χ1n) is 12.5. The van der Waals surface area contributed by atoms with Crippen molar-refractivity contribution in [2.24, 2.45) is 0 Å². The Morgan fingerprint density at radius 2 is 1.69 bits per heavy atom. The fraction of sp³-hybridized carbons (Fsp3) is 0.310.